The van der Waals surface area contributed by atoms with Gasteiger partial charge in [0.25, 0.3) is 10.0 Å². The molecule has 1 saturated carbocycles. The Bertz CT molecular complexity index is 1370. The summed E-state index contributed by atoms with van der Waals surface area (Å²) in [5, 5.41) is 7.71. The molecule has 1 aliphatic carbocycles. The zero-order chi connectivity index (χ0) is 25.1. The van der Waals surface area contributed by atoms with E-state index in [0.29, 0.717) is 16.6 Å². The number of hydrazone groups is 1. The average Bonchev–Trinajstić information content (AvgIpc) is 3.55. The first-order chi connectivity index (χ1) is 17.4. The number of guanidine groups is 1. The second-order valence-corrected chi connectivity index (χ2v) is 11.5. The van der Waals surface area contributed by atoms with E-state index in [-0.39, 0.29) is 22.8 Å². The van der Waals surface area contributed by atoms with Crippen LogP contribution < -0.4 is 4.72 Å². The van der Waals surface area contributed by atoms with Crippen molar-refractivity contribution in [3.63, 3.8) is 0 Å². The van der Waals surface area contributed by atoms with E-state index in [1.54, 1.807) is 17.1 Å². The van der Waals surface area contributed by atoms with Gasteiger partial charge in [0.1, 0.15) is 0 Å². The molecule has 1 atom stereocenters. The molecule has 0 amide bonds. The first kappa shape index (κ1) is 24.8. The van der Waals surface area contributed by atoms with Crippen LogP contribution in [0.4, 0.5) is 0 Å². The number of benzene rings is 3. The molecule has 1 N–H and O–H groups in total. The van der Waals surface area contributed by atoms with Gasteiger partial charge in [-0.05, 0) is 60.4 Å². The summed E-state index contributed by atoms with van der Waals surface area (Å²) in [5.41, 5.74) is 2.86. The van der Waals surface area contributed by atoms with Gasteiger partial charge in [0.2, 0.25) is 5.96 Å². The molecule has 186 valence electrons. The fourth-order valence-electron chi connectivity index (χ4n) is 4.61. The maximum absolute atomic E-state index is 13.3. The van der Waals surface area contributed by atoms with Gasteiger partial charge in [-0.15, -0.1) is 0 Å². The summed E-state index contributed by atoms with van der Waals surface area (Å²) in [6.07, 6.45) is 4.01. The maximum atomic E-state index is 13.3. The Balaban J connectivity index is 1.53. The number of sulfonamides is 1. The third-order valence-corrected chi connectivity index (χ3v) is 8.33. The Morgan fingerprint density at radius 3 is 2.14 bits per heavy atom. The van der Waals surface area contributed by atoms with Crippen LogP contribution in [0.3, 0.4) is 0 Å². The molecule has 0 unspecified atom stereocenters. The SMILES string of the molecule is O=S(=O)(NC(=NC1CCCC1)N1C[C@@H](c2ccccc2)C(c2ccc(Cl)cc2)=N1)c1ccc(Cl)cc1. The van der Waals surface area contributed by atoms with Crippen molar-refractivity contribution in [3.05, 3.63) is 100 Å². The molecule has 36 heavy (non-hydrogen) atoms. The fourth-order valence-corrected chi connectivity index (χ4v) is 5.87. The molecule has 2 aliphatic rings. The van der Waals surface area contributed by atoms with Gasteiger partial charge in [-0.2, -0.15) is 5.10 Å². The summed E-state index contributed by atoms with van der Waals surface area (Å²) < 4.78 is 29.3. The van der Waals surface area contributed by atoms with Crippen molar-refractivity contribution in [1.82, 2.24) is 9.73 Å². The summed E-state index contributed by atoms with van der Waals surface area (Å²) >= 11 is 12.1. The largest absolute Gasteiger partial charge is 0.264 e. The minimum Gasteiger partial charge on any atom is -0.248 e. The highest BCUT2D eigenvalue weighted by atomic mass is 35.5. The minimum atomic E-state index is -3.89. The highest BCUT2D eigenvalue weighted by Crippen LogP contribution is 2.30. The van der Waals surface area contributed by atoms with E-state index >= 15 is 0 Å². The van der Waals surface area contributed by atoms with Gasteiger partial charge in [-0.3, -0.25) is 0 Å². The van der Waals surface area contributed by atoms with Crippen LogP contribution in [0.5, 0.6) is 0 Å². The number of hydrogen-bond donors (Lipinski definition) is 1. The van der Waals surface area contributed by atoms with E-state index in [4.69, 9.17) is 33.3 Å². The first-order valence-corrected chi connectivity index (χ1v) is 14.2. The highest BCUT2D eigenvalue weighted by Gasteiger charge is 2.33. The van der Waals surface area contributed by atoms with Gasteiger partial charge in [0.05, 0.1) is 23.2 Å². The molecule has 0 saturated heterocycles. The highest BCUT2D eigenvalue weighted by molar-refractivity contribution is 7.90. The topological polar surface area (TPSA) is 74.1 Å². The van der Waals surface area contributed by atoms with Gasteiger partial charge in [0.15, 0.2) is 0 Å². The van der Waals surface area contributed by atoms with Crippen molar-refractivity contribution in [3.8, 4) is 0 Å². The predicted molar refractivity (Wildman–Crippen MR) is 145 cm³/mol. The van der Waals surface area contributed by atoms with E-state index in [0.717, 1.165) is 42.5 Å². The van der Waals surface area contributed by atoms with Gasteiger partial charge < -0.3 is 0 Å². The number of rotatable bonds is 5. The zero-order valence-corrected chi connectivity index (χ0v) is 21.8. The molecule has 6 nitrogen and oxygen atoms in total. The molecule has 0 aromatic heterocycles. The van der Waals surface area contributed by atoms with E-state index in [9.17, 15) is 8.42 Å². The summed E-state index contributed by atoms with van der Waals surface area (Å²) in [6.45, 7) is 0.455. The Hall–Kier alpha value is -2.87. The summed E-state index contributed by atoms with van der Waals surface area (Å²) in [7, 11) is -3.89. The van der Waals surface area contributed by atoms with E-state index in [2.05, 4.69) is 16.9 Å². The van der Waals surface area contributed by atoms with Crippen LogP contribution in [0.25, 0.3) is 0 Å². The third kappa shape index (κ3) is 5.59. The van der Waals surface area contributed by atoms with Crippen molar-refractivity contribution in [1.29, 1.82) is 0 Å². The van der Waals surface area contributed by atoms with Crippen LogP contribution in [0.2, 0.25) is 10.0 Å². The van der Waals surface area contributed by atoms with Gasteiger partial charge in [-0.1, -0.05) is 78.5 Å². The van der Waals surface area contributed by atoms with Gasteiger partial charge in [0, 0.05) is 16.0 Å². The summed E-state index contributed by atoms with van der Waals surface area (Å²) in [6, 6.07) is 23.8. The smallest absolute Gasteiger partial charge is 0.248 e. The number of hydrogen-bond acceptors (Lipinski definition) is 4. The number of halogens is 2. The minimum absolute atomic E-state index is 0.0536. The third-order valence-electron chi connectivity index (χ3n) is 6.48. The second-order valence-electron chi connectivity index (χ2n) is 8.99. The van der Waals surface area contributed by atoms with Crippen molar-refractivity contribution >= 4 is 44.9 Å². The predicted octanol–water partition coefficient (Wildman–Crippen LogP) is 6.07. The van der Waals surface area contributed by atoms with Crippen LogP contribution in [0, 0.1) is 0 Å². The fraction of sp³-hybridized carbons (Fsp3) is 0.259. The molecule has 5 rings (SSSR count). The van der Waals surface area contributed by atoms with Crippen LogP contribution in [-0.4, -0.2) is 37.7 Å². The lowest BCUT2D eigenvalue weighted by Crippen LogP contribution is -2.42. The standard InChI is InChI=1S/C27H26Cl2N4O2S/c28-21-12-10-20(11-13-21)26-25(19-6-2-1-3-7-19)18-33(31-26)27(30-23-8-4-5-9-23)32-36(34,35)24-16-14-22(29)15-17-24/h1-3,6-7,10-17,23,25H,4-5,8-9,18H2,(H,30,32)/t25-/m0/s1. The lowest BCUT2D eigenvalue weighted by Gasteiger charge is -2.21. The molecule has 1 aliphatic heterocycles. The quantitative estimate of drug-likeness (QED) is 0.315. The molecule has 0 bridgehead atoms. The number of nitrogens with one attached hydrogen (secondary N) is 1. The van der Waals surface area contributed by atoms with Crippen molar-refractivity contribution < 1.29 is 8.42 Å². The van der Waals surface area contributed by atoms with Crippen molar-refractivity contribution in [2.75, 3.05) is 6.54 Å². The van der Waals surface area contributed by atoms with Crippen LogP contribution in [-0.2, 0) is 10.0 Å². The second kappa shape index (κ2) is 10.6. The molecule has 9 heteroatoms. The Morgan fingerprint density at radius 1 is 0.889 bits per heavy atom. The average molecular weight is 542 g/mol. The lowest BCUT2D eigenvalue weighted by molar-refractivity contribution is 0.456. The molecular weight excluding hydrogens is 515 g/mol. The first-order valence-electron chi connectivity index (χ1n) is 11.9. The Morgan fingerprint density at radius 2 is 1.50 bits per heavy atom. The summed E-state index contributed by atoms with van der Waals surface area (Å²) in [5.74, 6) is 0.169. The maximum Gasteiger partial charge on any atom is 0.264 e. The number of aliphatic imine (C=N–C) groups is 1. The number of nitrogens with zero attached hydrogens (tertiary/aromatic N) is 3. The van der Waals surface area contributed by atoms with Gasteiger partial charge >= 0.3 is 0 Å². The van der Waals surface area contributed by atoms with E-state index < -0.39 is 10.0 Å². The van der Waals surface area contributed by atoms with Crippen molar-refractivity contribution in [2.45, 2.75) is 42.5 Å². The molecule has 1 heterocycles. The zero-order valence-electron chi connectivity index (χ0n) is 19.5. The van der Waals surface area contributed by atoms with E-state index in [1.165, 1.54) is 12.1 Å². The molecule has 3 aromatic rings. The van der Waals surface area contributed by atoms with Crippen LogP contribution in [0.1, 0.15) is 42.7 Å². The van der Waals surface area contributed by atoms with Gasteiger partial charge in [-0.25, -0.2) is 23.1 Å². The van der Waals surface area contributed by atoms with Crippen LogP contribution in [0.15, 0.2) is 93.9 Å². The Labute approximate surface area is 221 Å². The van der Waals surface area contributed by atoms with Crippen molar-refractivity contribution in [2.24, 2.45) is 10.1 Å². The van der Waals surface area contributed by atoms with E-state index in [1.807, 2.05) is 42.5 Å². The molecule has 0 spiro atoms. The normalized spacial score (nSPS) is 18.9. The summed E-state index contributed by atoms with van der Waals surface area (Å²) in [4.78, 5) is 4.97. The monoisotopic (exact) mass is 540 g/mol. The molecule has 1 fully saturated rings. The van der Waals surface area contributed by atoms with Crippen LogP contribution >= 0.6 is 23.2 Å². The molecule has 0 radical (unpaired) electrons. The lowest BCUT2D eigenvalue weighted by atomic mass is 9.91. The Kier molecular flexibility index (Phi) is 7.32. The molecule has 3 aromatic carbocycles. The molecular formula is C27H26Cl2N4O2S.